The normalized spacial score (nSPS) is 19.9. The summed E-state index contributed by atoms with van der Waals surface area (Å²) in [6, 6.07) is 7.80. The van der Waals surface area contributed by atoms with Gasteiger partial charge in [0.25, 0.3) is 5.91 Å². The minimum Gasteiger partial charge on any atom is -0.334 e. The summed E-state index contributed by atoms with van der Waals surface area (Å²) in [5.41, 5.74) is 7.72. The average Bonchev–Trinajstić information content (AvgIpc) is 3.09. The van der Waals surface area contributed by atoms with Crippen LogP contribution in [-0.4, -0.2) is 39.0 Å². The summed E-state index contributed by atoms with van der Waals surface area (Å²) in [6.07, 6.45) is 8.52. The summed E-state index contributed by atoms with van der Waals surface area (Å²) < 4.78 is 1.90. The number of nitrogens with two attached hydrogens (primary N) is 1. The molecule has 1 aromatic carbocycles. The number of nitrogens with zero attached hydrogens (tertiary/aromatic N) is 3. The molecule has 116 valence electrons. The highest BCUT2D eigenvalue weighted by molar-refractivity contribution is 5.95. The molecule has 0 bridgehead atoms. The summed E-state index contributed by atoms with van der Waals surface area (Å²) in [5.74, 6) is 0.0731. The van der Waals surface area contributed by atoms with E-state index in [4.69, 9.17) is 5.73 Å². The number of amides is 1. The fraction of sp³-hybridized carbons (Fsp3) is 0.412. The summed E-state index contributed by atoms with van der Waals surface area (Å²) in [6.45, 7) is 2.78. The molecule has 0 radical (unpaired) electrons. The fourth-order valence-corrected chi connectivity index (χ4v) is 3.13. The van der Waals surface area contributed by atoms with E-state index in [9.17, 15) is 4.79 Å². The van der Waals surface area contributed by atoms with Gasteiger partial charge in [-0.3, -0.25) is 4.79 Å². The number of imidazole rings is 1. The summed E-state index contributed by atoms with van der Waals surface area (Å²) in [7, 11) is 0. The summed E-state index contributed by atoms with van der Waals surface area (Å²) in [5, 5.41) is 0. The van der Waals surface area contributed by atoms with Crippen LogP contribution in [0.15, 0.2) is 43.0 Å². The molecule has 2 aromatic rings. The van der Waals surface area contributed by atoms with E-state index in [-0.39, 0.29) is 18.0 Å². The van der Waals surface area contributed by atoms with E-state index < -0.39 is 0 Å². The van der Waals surface area contributed by atoms with E-state index >= 15 is 0 Å². The first-order valence-electron chi connectivity index (χ1n) is 7.82. The largest absolute Gasteiger partial charge is 0.334 e. The van der Waals surface area contributed by atoms with Crippen molar-refractivity contribution in [2.45, 2.75) is 38.3 Å². The van der Waals surface area contributed by atoms with Gasteiger partial charge in [0.1, 0.15) is 0 Å². The van der Waals surface area contributed by atoms with E-state index in [0.717, 1.165) is 31.5 Å². The van der Waals surface area contributed by atoms with Crippen molar-refractivity contribution in [3.63, 3.8) is 0 Å². The van der Waals surface area contributed by atoms with Crippen LogP contribution in [0.4, 0.5) is 0 Å². The third-order valence-electron chi connectivity index (χ3n) is 4.31. The molecule has 2 heterocycles. The third kappa shape index (κ3) is 2.90. The zero-order valence-electron chi connectivity index (χ0n) is 12.9. The van der Waals surface area contributed by atoms with Gasteiger partial charge in [-0.05, 0) is 44.4 Å². The quantitative estimate of drug-likeness (QED) is 0.945. The van der Waals surface area contributed by atoms with Crippen LogP contribution < -0.4 is 5.73 Å². The van der Waals surface area contributed by atoms with Crippen LogP contribution in [0.3, 0.4) is 0 Å². The lowest BCUT2D eigenvalue weighted by molar-refractivity contribution is 0.0584. The summed E-state index contributed by atoms with van der Waals surface area (Å²) >= 11 is 0. The first-order valence-corrected chi connectivity index (χ1v) is 7.82. The van der Waals surface area contributed by atoms with Gasteiger partial charge >= 0.3 is 0 Å². The Labute approximate surface area is 130 Å². The number of hydrogen-bond donors (Lipinski definition) is 1. The van der Waals surface area contributed by atoms with Crippen LogP contribution in [-0.2, 0) is 0 Å². The van der Waals surface area contributed by atoms with Gasteiger partial charge in [-0.15, -0.1) is 0 Å². The molecule has 1 fully saturated rings. The standard InChI is InChI=1S/C17H22N4O/c1-13(18)16-7-2-3-9-21(16)17(22)14-5-4-6-15(11-14)20-10-8-19-12-20/h4-6,8,10-13,16H,2-3,7,9,18H2,1H3. The van der Waals surface area contributed by atoms with Crippen molar-refractivity contribution >= 4 is 5.91 Å². The van der Waals surface area contributed by atoms with Crippen molar-refractivity contribution in [2.24, 2.45) is 5.73 Å². The fourth-order valence-electron chi connectivity index (χ4n) is 3.13. The molecule has 5 nitrogen and oxygen atoms in total. The van der Waals surface area contributed by atoms with Crippen LogP contribution in [0, 0.1) is 0 Å². The van der Waals surface area contributed by atoms with Crippen LogP contribution >= 0.6 is 0 Å². The van der Waals surface area contributed by atoms with E-state index in [0.29, 0.717) is 5.56 Å². The predicted molar refractivity (Wildman–Crippen MR) is 85.9 cm³/mol. The zero-order valence-corrected chi connectivity index (χ0v) is 12.9. The summed E-state index contributed by atoms with van der Waals surface area (Å²) in [4.78, 5) is 18.9. The molecule has 1 aliphatic rings. The molecule has 22 heavy (non-hydrogen) atoms. The highest BCUT2D eigenvalue weighted by Gasteiger charge is 2.29. The van der Waals surface area contributed by atoms with Gasteiger partial charge in [0.15, 0.2) is 0 Å². The molecule has 1 saturated heterocycles. The molecular weight excluding hydrogens is 276 g/mol. The molecule has 1 amide bonds. The van der Waals surface area contributed by atoms with Crippen LogP contribution in [0.2, 0.25) is 0 Å². The molecule has 2 unspecified atom stereocenters. The van der Waals surface area contributed by atoms with Gasteiger partial charge in [0.05, 0.1) is 6.33 Å². The molecule has 2 N–H and O–H groups in total. The van der Waals surface area contributed by atoms with Gasteiger partial charge in [0.2, 0.25) is 0 Å². The van der Waals surface area contributed by atoms with Gasteiger partial charge in [-0.1, -0.05) is 6.07 Å². The SMILES string of the molecule is CC(N)C1CCCCN1C(=O)c1cccc(-n2ccnc2)c1. The first-order chi connectivity index (χ1) is 10.7. The maximum absolute atomic E-state index is 12.9. The maximum Gasteiger partial charge on any atom is 0.254 e. The topological polar surface area (TPSA) is 64.2 Å². The molecule has 1 aliphatic heterocycles. The second-order valence-corrected chi connectivity index (χ2v) is 5.94. The first kappa shape index (κ1) is 14.8. The Balaban J connectivity index is 1.86. The van der Waals surface area contributed by atoms with E-state index in [1.54, 1.807) is 12.5 Å². The molecule has 5 heteroatoms. The Hall–Kier alpha value is -2.14. The lowest BCUT2D eigenvalue weighted by Gasteiger charge is -2.38. The molecule has 3 rings (SSSR count). The minimum absolute atomic E-state index is 0.00100. The second-order valence-electron chi connectivity index (χ2n) is 5.94. The van der Waals surface area contributed by atoms with Gasteiger partial charge in [0, 0.05) is 42.3 Å². The van der Waals surface area contributed by atoms with Gasteiger partial charge in [-0.25, -0.2) is 4.98 Å². The number of piperidine rings is 1. The second kappa shape index (κ2) is 6.32. The van der Waals surface area contributed by atoms with Crippen LogP contribution in [0.1, 0.15) is 36.5 Å². The number of benzene rings is 1. The number of carbonyl (C=O) groups is 1. The predicted octanol–water partition coefficient (Wildman–Crippen LogP) is 2.21. The van der Waals surface area contributed by atoms with Crippen molar-refractivity contribution in [1.82, 2.24) is 14.5 Å². The van der Waals surface area contributed by atoms with Crippen molar-refractivity contribution in [2.75, 3.05) is 6.54 Å². The monoisotopic (exact) mass is 298 g/mol. The molecule has 0 spiro atoms. The highest BCUT2D eigenvalue weighted by Crippen LogP contribution is 2.22. The Morgan fingerprint density at radius 1 is 1.41 bits per heavy atom. The van der Waals surface area contributed by atoms with Crippen molar-refractivity contribution < 1.29 is 4.79 Å². The maximum atomic E-state index is 12.9. The average molecular weight is 298 g/mol. The Bertz CT molecular complexity index is 636. The third-order valence-corrected chi connectivity index (χ3v) is 4.31. The van der Waals surface area contributed by atoms with Crippen molar-refractivity contribution in [3.05, 3.63) is 48.5 Å². The number of carbonyl (C=O) groups excluding carboxylic acids is 1. The smallest absolute Gasteiger partial charge is 0.254 e. The van der Waals surface area contributed by atoms with Crippen molar-refractivity contribution in [1.29, 1.82) is 0 Å². The minimum atomic E-state index is 0.00100. The van der Waals surface area contributed by atoms with Crippen LogP contribution in [0.25, 0.3) is 5.69 Å². The van der Waals surface area contributed by atoms with Gasteiger partial charge < -0.3 is 15.2 Å². The number of aromatic nitrogens is 2. The Morgan fingerprint density at radius 3 is 3.00 bits per heavy atom. The molecule has 1 aromatic heterocycles. The Kier molecular flexibility index (Phi) is 4.24. The van der Waals surface area contributed by atoms with E-state index in [1.165, 1.54) is 0 Å². The molecule has 0 saturated carbocycles. The molecule has 2 atom stereocenters. The zero-order chi connectivity index (χ0) is 15.5. The Morgan fingerprint density at radius 2 is 2.27 bits per heavy atom. The van der Waals surface area contributed by atoms with E-state index in [2.05, 4.69) is 4.98 Å². The number of likely N-dealkylation sites (tertiary alicyclic amines) is 1. The lowest BCUT2D eigenvalue weighted by atomic mass is 9.96. The highest BCUT2D eigenvalue weighted by atomic mass is 16.2. The van der Waals surface area contributed by atoms with E-state index in [1.807, 2.05) is 46.9 Å². The molecular formula is C17H22N4O. The number of hydrogen-bond acceptors (Lipinski definition) is 3. The van der Waals surface area contributed by atoms with Crippen LogP contribution in [0.5, 0.6) is 0 Å². The van der Waals surface area contributed by atoms with Gasteiger partial charge in [-0.2, -0.15) is 0 Å². The van der Waals surface area contributed by atoms with Crippen molar-refractivity contribution in [3.8, 4) is 5.69 Å². The lowest BCUT2D eigenvalue weighted by Crippen LogP contribution is -2.51. The molecule has 0 aliphatic carbocycles. The number of rotatable bonds is 3.